The van der Waals surface area contributed by atoms with Crippen molar-refractivity contribution in [3.05, 3.63) is 71.2 Å². The Labute approximate surface area is 118 Å². The van der Waals surface area contributed by atoms with Gasteiger partial charge in [-0.1, -0.05) is 34.1 Å². The number of quaternary nitrogens is 1. The zero-order chi connectivity index (χ0) is 13.2. The first-order valence-electron chi connectivity index (χ1n) is 6.00. The van der Waals surface area contributed by atoms with Crippen LogP contribution in [0.1, 0.15) is 5.56 Å². The van der Waals surface area contributed by atoms with E-state index in [1.807, 2.05) is 6.08 Å². The van der Waals surface area contributed by atoms with Gasteiger partial charge < -0.3 is 0 Å². The van der Waals surface area contributed by atoms with E-state index >= 15 is 0 Å². The van der Waals surface area contributed by atoms with Gasteiger partial charge in [-0.15, -0.1) is 0 Å². The molecule has 0 N–H and O–H groups in total. The van der Waals surface area contributed by atoms with E-state index < -0.39 is 0 Å². The molecule has 1 heterocycles. The lowest BCUT2D eigenvalue weighted by Crippen LogP contribution is -2.35. The van der Waals surface area contributed by atoms with Crippen LogP contribution in [0.4, 0.5) is 0 Å². The first-order chi connectivity index (χ1) is 8.52. The van der Waals surface area contributed by atoms with E-state index in [0.717, 1.165) is 15.5 Å². The maximum absolute atomic E-state index is 3.95. The lowest BCUT2D eigenvalue weighted by molar-refractivity contribution is -0.833. The molecule has 0 bridgehead atoms. The largest absolute Gasteiger partial charge is 0.298 e. The van der Waals surface area contributed by atoms with Crippen LogP contribution in [0, 0.1) is 6.92 Å². The van der Waals surface area contributed by atoms with Crippen LogP contribution in [0.3, 0.4) is 0 Å². The molecule has 0 spiro atoms. The molecule has 0 saturated carbocycles. The minimum atomic E-state index is 0.875. The summed E-state index contributed by atoms with van der Waals surface area (Å²) in [5, 5.41) is 0. The second-order valence-electron chi connectivity index (χ2n) is 5.07. The van der Waals surface area contributed by atoms with Crippen molar-refractivity contribution in [3.8, 4) is 0 Å². The van der Waals surface area contributed by atoms with Crippen LogP contribution in [0.25, 0.3) is 5.57 Å². The molecule has 0 aliphatic carbocycles. The second kappa shape index (κ2) is 5.25. The monoisotopic (exact) mass is 303 g/mol. The summed E-state index contributed by atoms with van der Waals surface area (Å²) < 4.78 is 1.97. The number of rotatable bonds is 2. The molecule has 0 saturated heterocycles. The summed E-state index contributed by atoms with van der Waals surface area (Å²) in [6.45, 7) is 4.99. The van der Waals surface area contributed by atoms with E-state index in [1.54, 1.807) is 0 Å². The Morgan fingerprint density at radius 3 is 2.50 bits per heavy atom. The molecule has 1 aliphatic heterocycles. The standard InChI is InChI=1S/C16H18BrN/c1-4-16(13-7-9-15(17)10-8-13)14-6-5-11-18(2,3)12-14/h4-10,12H,1,11H2,2-3H3/q+1. The predicted molar refractivity (Wildman–Crippen MR) is 81.7 cm³/mol. The van der Waals surface area contributed by atoms with E-state index in [-0.39, 0.29) is 0 Å². The smallest absolute Gasteiger partial charge is 0.104 e. The van der Waals surface area contributed by atoms with Gasteiger partial charge in [-0.25, -0.2) is 0 Å². The van der Waals surface area contributed by atoms with Gasteiger partial charge in [0, 0.05) is 10.0 Å². The molecule has 18 heavy (non-hydrogen) atoms. The molecule has 0 fully saturated rings. The Hall–Kier alpha value is -1.12. The Balaban J connectivity index is 2.39. The highest BCUT2D eigenvalue weighted by atomic mass is 79.9. The average molecular weight is 304 g/mol. The fraction of sp³-hybridized carbons (Fsp3) is 0.188. The molecule has 2 rings (SSSR count). The molecule has 2 heteroatoms. The van der Waals surface area contributed by atoms with Crippen molar-refractivity contribution in [2.24, 2.45) is 0 Å². The molecular formula is C16H18BrN+. The van der Waals surface area contributed by atoms with Gasteiger partial charge in [0.05, 0.1) is 14.1 Å². The molecule has 1 aromatic rings. The van der Waals surface area contributed by atoms with Crippen molar-refractivity contribution in [1.82, 2.24) is 0 Å². The van der Waals surface area contributed by atoms with Gasteiger partial charge in [-0.3, -0.25) is 4.48 Å². The van der Waals surface area contributed by atoms with Gasteiger partial charge in [-0.2, -0.15) is 0 Å². The van der Waals surface area contributed by atoms with Gasteiger partial charge in [-0.05, 0) is 42.3 Å². The van der Waals surface area contributed by atoms with Crippen molar-refractivity contribution in [3.63, 3.8) is 0 Å². The summed E-state index contributed by atoms with van der Waals surface area (Å²) in [5.74, 6) is 0. The molecule has 0 atom stereocenters. The summed E-state index contributed by atoms with van der Waals surface area (Å²) in [6, 6.07) is 8.35. The topological polar surface area (TPSA) is 0 Å². The van der Waals surface area contributed by atoms with Crippen LogP contribution < -0.4 is 0 Å². The Bertz CT molecular complexity index is 519. The minimum Gasteiger partial charge on any atom is -0.298 e. The number of allylic oxidation sites excluding steroid dienone is 4. The highest BCUT2D eigenvalue weighted by molar-refractivity contribution is 9.10. The quantitative estimate of drug-likeness (QED) is 0.719. The number of likely N-dealkylation sites (N-methyl/N-ethyl adjacent to an activating group) is 1. The Kier molecular flexibility index (Phi) is 3.88. The third kappa shape index (κ3) is 3.01. The fourth-order valence-electron chi connectivity index (χ4n) is 2.11. The Morgan fingerprint density at radius 2 is 1.94 bits per heavy atom. The predicted octanol–water partition coefficient (Wildman–Crippen LogP) is 4.20. The first-order valence-corrected chi connectivity index (χ1v) is 6.79. The molecule has 1 nitrogen and oxygen atoms in total. The molecule has 1 aliphatic rings. The molecule has 1 aromatic carbocycles. The highest BCUT2D eigenvalue weighted by Crippen LogP contribution is 2.28. The molecule has 1 radical (unpaired) electrons. The van der Waals surface area contributed by atoms with E-state index in [1.165, 1.54) is 16.7 Å². The van der Waals surface area contributed by atoms with Gasteiger partial charge in [0.1, 0.15) is 12.7 Å². The second-order valence-corrected chi connectivity index (χ2v) is 5.99. The van der Waals surface area contributed by atoms with Crippen LogP contribution in [0.2, 0.25) is 0 Å². The Morgan fingerprint density at radius 1 is 1.28 bits per heavy atom. The van der Waals surface area contributed by atoms with Crippen LogP contribution in [-0.4, -0.2) is 25.1 Å². The maximum atomic E-state index is 3.95. The van der Waals surface area contributed by atoms with E-state index in [4.69, 9.17) is 0 Å². The molecular weight excluding hydrogens is 286 g/mol. The number of benzene rings is 1. The van der Waals surface area contributed by atoms with Crippen molar-refractivity contribution < 1.29 is 4.48 Å². The minimum absolute atomic E-state index is 0.875. The average Bonchev–Trinajstić information content (AvgIpc) is 2.31. The van der Waals surface area contributed by atoms with Crippen molar-refractivity contribution in [1.29, 1.82) is 0 Å². The number of halogens is 1. The van der Waals surface area contributed by atoms with Crippen LogP contribution >= 0.6 is 15.9 Å². The molecule has 0 amide bonds. The van der Waals surface area contributed by atoms with Crippen molar-refractivity contribution in [2.45, 2.75) is 0 Å². The van der Waals surface area contributed by atoms with E-state index in [0.29, 0.717) is 0 Å². The van der Waals surface area contributed by atoms with Crippen LogP contribution in [0.5, 0.6) is 0 Å². The number of hydrogen-bond donors (Lipinski definition) is 0. The zero-order valence-electron chi connectivity index (χ0n) is 10.9. The van der Waals surface area contributed by atoms with Gasteiger partial charge in [0.25, 0.3) is 0 Å². The van der Waals surface area contributed by atoms with Gasteiger partial charge in [0.2, 0.25) is 0 Å². The first kappa shape index (κ1) is 13.3. The normalized spacial score (nSPS) is 18.7. The van der Waals surface area contributed by atoms with Gasteiger partial charge >= 0.3 is 0 Å². The SMILES string of the molecule is [CH2]C=C(C1=C[N+](C)(C)CC=C1)c1ccc(Br)cc1. The summed E-state index contributed by atoms with van der Waals surface area (Å²) in [4.78, 5) is 0. The van der Waals surface area contributed by atoms with Crippen LogP contribution in [0.15, 0.2) is 58.7 Å². The maximum Gasteiger partial charge on any atom is 0.104 e. The van der Waals surface area contributed by atoms with Crippen molar-refractivity contribution in [2.75, 3.05) is 20.6 Å². The third-order valence-corrected chi connectivity index (χ3v) is 3.56. The summed E-state index contributed by atoms with van der Waals surface area (Å²) in [6.07, 6.45) is 8.62. The summed E-state index contributed by atoms with van der Waals surface area (Å²) in [5.41, 5.74) is 3.62. The van der Waals surface area contributed by atoms with Crippen LogP contribution in [-0.2, 0) is 0 Å². The summed E-state index contributed by atoms with van der Waals surface area (Å²) >= 11 is 3.46. The fourth-order valence-corrected chi connectivity index (χ4v) is 2.38. The summed E-state index contributed by atoms with van der Waals surface area (Å²) in [7, 11) is 4.40. The zero-order valence-corrected chi connectivity index (χ0v) is 12.4. The van der Waals surface area contributed by atoms with E-state index in [2.05, 4.69) is 79.6 Å². The molecule has 0 unspecified atom stereocenters. The van der Waals surface area contributed by atoms with E-state index in [9.17, 15) is 0 Å². The number of hydrogen-bond acceptors (Lipinski definition) is 0. The lowest BCUT2D eigenvalue weighted by Gasteiger charge is -2.27. The molecule has 93 valence electrons. The van der Waals surface area contributed by atoms with Crippen molar-refractivity contribution >= 4 is 21.5 Å². The highest BCUT2D eigenvalue weighted by Gasteiger charge is 2.17. The van der Waals surface area contributed by atoms with Gasteiger partial charge in [0.15, 0.2) is 0 Å². The molecule has 0 aromatic heterocycles. The lowest BCUT2D eigenvalue weighted by atomic mass is 9.96. The third-order valence-electron chi connectivity index (χ3n) is 3.03. The number of nitrogens with zero attached hydrogens (tertiary/aromatic N) is 1.